The molecule has 0 aromatic heterocycles. The van der Waals surface area contributed by atoms with Gasteiger partial charge < -0.3 is 10.0 Å². The number of ketones is 1. The van der Waals surface area contributed by atoms with Crippen LogP contribution in [0.15, 0.2) is 24.3 Å². The maximum atomic E-state index is 11.8. The van der Waals surface area contributed by atoms with Gasteiger partial charge in [-0.05, 0) is 12.1 Å². The van der Waals surface area contributed by atoms with E-state index < -0.39 is 23.6 Å². The lowest BCUT2D eigenvalue weighted by Gasteiger charge is -2.28. The Kier molecular flexibility index (Phi) is 2.23. The quantitative estimate of drug-likeness (QED) is 0.700. The maximum absolute atomic E-state index is 11.8. The highest BCUT2D eigenvalue weighted by atomic mass is 16.4. The number of carboxylic acids is 1. The van der Waals surface area contributed by atoms with Crippen LogP contribution in [-0.4, -0.2) is 29.8 Å². The molecule has 0 radical (unpaired) electrons. The predicted molar refractivity (Wildman–Crippen MR) is 55.3 cm³/mol. The summed E-state index contributed by atoms with van der Waals surface area (Å²) in [7, 11) is 1.46. The molecule has 1 unspecified atom stereocenters. The Morgan fingerprint density at radius 2 is 1.94 bits per heavy atom. The molecule has 1 aromatic rings. The third-order valence-corrected chi connectivity index (χ3v) is 2.62. The zero-order valence-electron chi connectivity index (χ0n) is 8.51. The topological polar surface area (TPSA) is 74.7 Å². The van der Waals surface area contributed by atoms with Gasteiger partial charge in [-0.2, -0.15) is 0 Å². The van der Waals surface area contributed by atoms with E-state index in [1.54, 1.807) is 18.2 Å². The molecule has 0 aliphatic carbocycles. The minimum atomic E-state index is -1.61. The van der Waals surface area contributed by atoms with Crippen LogP contribution >= 0.6 is 0 Å². The van der Waals surface area contributed by atoms with Gasteiger partial charge in [0.15, 0.2) is 11.7 Å². The van der Waals surface area contributed by atoms with E-state index in [4.69, 9.17) is 5.11 Å². The lowest BCUT2D eigenvalue weighted by atomic mass is 9.91. The van der Waals surface area contributed by atoms with Gasteiger partial charge in [-0.3, -0.25) is 14.4 Å². The summed E-state index contributed by atoms with van der Waals surface area (Å²) in [5, 5.41) is 8.85. The lowest BCUT2D eigenvalue weighted by molar-refractivity contribution is -0.144. The van der Waals surface area contributed by atoms with Crippen LogP contribution in [0.2, 0.25) is 0 Å². The van der Waals surface area contributed by atoms with Crippen LogP contribution in [0.1, 0.15) is 10.4 Å². The number of Topliss-reactive ketones (excluding diaryl/α,β-unsaturated/α-hetero) is 1. The molecule has 1 atom stereocenters. The van der Waals surface area contributed by atoms with E-state index in [1.807, 2.05) is 0 Å². The molecule has 82 valence electrons. The van der Waals surface area contributed by atoms with Gasteiger partial charge in [-0.25, -0.2) is 0 Å². The number of carbonyl (C=O) groups is 3. The van der Waals surface area contributed by atoms with Gasteiger partial charge in [0.25, 0.3) is 0 Å². The average Bonchev–Trinajstić information content (AvgIpc) is 2.26. The second-order valence-corrected chi connectivity index (χ2v) is 3.55. The van der Waals surface area contributed by atoms with Crippen molar-refractivity contribution in [3.8, 4) is 0 Å². The van der Waals surface area contributed by atoms with Crippen LogP contribution in [0, 0.1) is 5.92 Å². The Bertz CT molecular complexity index is 495. The van der Waals surface area contributed by atoms with E-state index in [2.05, 4.69) is 0 Å². The molecule has 1 amide bonds. The number of rotatable bonds is 1. The van der Waals surface area contributed by atoms with Crippen molar-refractivity contribution in [2.24, 2.45) is 5.92 Å². The van der Waals surface area contributed by atoms with Crippen LogP contribution in [0.25, 0.3) is 0 Å². The Morgan fingerprint density at radius 1 is 1.31 bits per heavy atom. The summed E-state index contributed by atoms with van der Waals surface area (Å²) in [6.07, 6.45) is 0. The SMILES string of the molecule is CN1C(=O)C(C(=O)O)C(=O)c2ccccc21. The molecular weight excluding hydrogens is 210 g/mol. The van der Waals surface area contributed by atoms with Crippen molar-refractivity contribution < 1.29 is 19.5 Å². The molecular formula is C11H9NO4. The molecule has 1 aliphatic rings. The van der Waals surface area contributed by atoms with Crippen LogP contribution < -0.4 is 4.90 Å². The summed E-state index contributed by atoms with van der Waals surface area (Å²) in [6.45, 7) is 0. The molecule has 0 saturated heterocycles. The average molecular weight is 219 g/mol. The van der Waals surface area contributed by atoms with Gasteiger partial charge in [0, 0.05) is 12.6 Å². The normalized spacial score (nSPS) is 19.6. The summed E-state index contributed by atoms with van der Waals surface area (Å²) in [6, 6.07) is 6.47. The minimum Gasteiger partial charge on any atom is -0.480 e. The number of nitrogens with zero attached hydrogens (tertiary/aromatic N) is 1. The third-order valence-electron chi connectivity index (χ3n) is 2.62. The van der Waals surface area contributed by atoms with Gasteiger partial charge >= 0.3 is 5.97 Å². The maximum Gasteiger partial charge on any atom is 0.324 e. The molecule has 5 nitrogen and oxygen atoms in total. The summed E-state index contributed by atoms with van der Waals surface area (Å²) < 4.78 is 0. The van der Waals surface area contributed by atoms with E-state index in [9.17, 15) is 14.4 Å². The van der Waals surface area contributed by atoms with E-state index in [-0.39, 0.29) is 5.56 Å². The standard InChI is InChI=1S/C11H9NO4/c1-12-7-5-3-2-4-6(7)9(13)8(10(12)14)11(15)16/h2-5,8H,1H3,(H,15,16). The van der Waals surface area contributed by atoms with Crippen molar-refractivity contribution in [3.63, 3.8) is 0 Å². The third kappa shape index (κ3) is 1.29. The van der Waals surface area contributed by atoms with Gasteiger partial charge in [0.2, 0.25) is 5.91 Å². The Hall–Kier alpha value is -2.17. The van der Waals surface area contributed by atoms with Crippen LogP contribution in [-0.2, 0) is 9.59 Å². The minimum absolute atomic E-state index is 0.275. The number of benzene rings is 1. The lowest BCUT2D eigenvalue weighted by Crippen LogP contribution is -2.46. The van der Waals surface area contributed by atoms with E-state index >= 15 is 0 Å². The summed E-state index contributed by atoms with van der Waals surface area (Å²) >= 11 is 0. The van der Waals surface area contributed by atoms with Gasteiger partial charge in [0.05, 0.1) is 5.69 Å². The van der Waals surface area contributed by atoms with Crippen LogP contribution in [0.3, 0.4) is 0 Å². The molecule has 0 spiro atoms. The fraction of sp³-hybridized carbons (Fsp3) is 0.182. The fourth-order valence-electron chi connectivity index (χ4n) is 1.77. The second kappa shape index (κ2) is 3.44. The first-order valence-electron chi connectivity index (χ1n) is 4.67. The zero-order valence-corrected chi connectivity index (χ0v) is 8.51. The van der Waals surface area contributed by atoms with Gasteiger partial charge in [-0.1, -0.05) is 12.1 Å². The Balaban J connectivity index is 2.60. The highest BCUT2D eigenvalue weighted by Gasteiger charge is 2.42. The molecule has 0 saturated carbocycles. The number of anilines is 1. The number of carboxylic acid groups (broad SMARTS) is 1. The molecule has 1 aliphatic heterocycles. The summed E-state index contributed by atoms with van der Waals surface area (Å²) in [5.74, 6) is -4.36. The first-order chi connectivity index (χ1) is 7.54. The van der Waals surface area contributed by atoms with Crippen LogP contribution in [0.4, 0.5) is 5.69 Å². The van der Waals surface area contributed by atoms with Crippen molar-refractivity contribution in [1.29, 1.82) is 0 Å². The summed E-state index contributed by atoms with van der Waals surface area (Å²) in [5.41, 5.74) is 0.729. The van der Waals surface area contributed by atoms with E-state index in [0.717, 1.165) is 0 Å². The molecule has 5 heteroatoms. The number of hydrogen-bond acceptors (Lipinski definition) is 3. The number of carbonyl (C=O) groups excluding carboxylic acids is 2. The first kappa shape index (κ1) is 10.4. The number of para-hydroxylation sites is 1. The highest BCUT2D eigenvalue weighted by Crippen LogP contribution is 2.29. The van der Waals surface area contributed by atoms with Gasteiger partial charge in [-0.15, -0.1) is 0 Å². The molecule has 0 bridgehead atoms. The van der Waals surface area contributed by atoms with E-state index in [1.165, 1.54) is 18.0 Å². The van der Waals surface area contributed by atoms with Gasteiger partial charge in [0.1, 0.15) is 0 Å². The monoisotopic (exact) mass is 219 g/mol. The smallest absolute Gasteiger partial charge is 0.324 e. The molecule has 1 heterocycles. The number of fused-ring (bicyclic) bond motifs is 1. The predicted octanol–water partition coefficient (Wildman–Crippen LogP) is 0.546. The van der Waals surface area contributed by atoms with Crippen molar-refractivity contribution in [1.82, 2.24) is 0 Å². The first-order valence-corrected chi connectivity index (χ1v) is 4.67. The number of hydrogen-bond donors (Lipinski definition) is 1. The summed E-state index contributed by atoms with van der Waals surface area (Å²) in [4.78, 5) is 35.5. The fourth-order valence-corrected chi connectivity index (χ4v) is 1.77. The Labute approximate surface area is 91.3 Å². The molecule has 1 N–H and O–H groups in total. The van der Waals surface area contributed by atoms with Crippen molar-refractivity contribution in [3.05, 3.63) is 29.8 Å². The second-order valence-electron chi connectivity index (χ2n) is 3.55. The van der Waals surface area contributed by atoms with Crippen molar-refractivity contribution in [2.45, 2.75) is 0 Å². The Morgan fingerprint density at radius 3 is 2.56 bits per heavy atom. The van der Waals surface area contributed by atoms with Crippen molar-refractivity contribution in [2.75, 3.05) is 11.9 Å². The molecule has 0 fully saturated rings. The molecule has 1 aromatic carbocycles. The largest absolute Gasteiger partial charge is 0.480 e. The van der Waals surface area contributed by atoms with Crippen molar-refractivity contribution >= 4 is 23.3 Å². The number of amides is 1. The van der Waals surface area contributed by atoms with E-state index in [0.29, 0.717) is 5.69 Å². The highest BCUT2D eigenvalue weighted by molar-refractivity contribution is 6.29. The molecule has 2 rings (SSSR count). The zero-order chi connectivity index (χ0) is 11.9. The van der Waals surface area contributed by atoms with Crippen LogP contribution in [0.5, 0.6) is 0 Å². The molecule has 16 heavy (non-hydrogen) atoms. The number of aliphatic carboxylic acids is 1.